The number of carboxylic acid groups (broad SMARTS) is 1. The second kappa shape index (κ2) is 7.19. The monoisotopic (exact) mass is 296 g/mol. The maximum absolute atomic E-state index is 11.9. The molecule has 0 spiro atoms. The van der Waals surface area contributed by atoms with Crippen LogP contribution in [0, 0.1) is 0 Å². The van der Waals surface area contributed by atoms with E-state index in [4.69, 9.17) is 0 Å². The molecule has 6 heteroatoms. The number of amides is 2. The lowest BCUT2D eigenvalue weighted by Crippen LogP contribution is -2.54. The molecule has 0 fully saturated rings. The van der Waals surface area contributed by atoms with Gasteiger partial charge in [0, 0.05) is 11.8 Å². The summed E-state index contributed by atoms with van der Waals surface area (Å²) in [4.78, 5) is 23.4. The topological polar surface area (TPSA) is 78.4 Å². The molecule has 1 aromatic rings. The molecule has 0 aliphatic heterocycles. The Hall–Kier alpha value is -1.69. The average Bonchev–Trinajstić information content (AvgIpc) is 2.39. The van der Waals surface area contributed by atoms with Gasteiger partial charge in [0.1, 0.15) is 0 Å². The van der Waals surface area contributed by atoms with Crippen molar-refractivity contribution in [1.82, 2.24) is 10.6 Å². The molecular formula is C14H20N2O3S. The van der Waals surface area contributed by atoms with Crippen LogP contribution in [0.25, 0.3) is 0 Å². The van der Waals surface area contributed by atoms with Crippen molar-refractivity contribution in [2.45, 2.75) is 25.4 Å². The van der Waals surface area contributed by atoms with E-state index in [1.54, 1.807) is 42.1 Å². The molecule has 5 nitrogen and oxygen atoms in total. The Kier molecular flexibility index (Phi) is 5.88. The molecule has 0 heterocycles. The first-order valence-electron chi connectivity index (χ1n) is 6.26. The smallest absolute Gasteiger partial charge is 0.333 e. The summed E-state index contributed by atoms with van der Waals surface area (Å²) in [6, 6.07) is 8.13. The van der Waals surface area contributed by atoms with Crippen LogP contribution in [-0.2, 0) is 10.3 Å². The van der Waals surface area contributed by atoms with E-state index in [1.807, 2.05) is 13.2 Å². The highest BCUT2D eigenvalue weighted by Gasteiger charge is 2.36. The standard InChI is InChI=1S/C14H20N2O3S/c1-10(9-20-3)15-13(19)16-14(2,12(17)18)11-7-5-4-6-8-11/h4-8,10H,9H2,1-3H3,(H,17,18)(H2,15,16,19). The maximum Gasteiger partial charge on any atom is 0.333 e. The van der Waals surface area contributed by atoms with Crippen molar-refractivity contribution < 1.29 is 14.7 Å². The highest BCUT2D eigenvalue weighted by molar-refractivity contribution is 7.98. The number of rotatable bonds is 6. The van der Waals surface area contributed by atoms with Crippen LogP contribution in [0.2, 0.25) is 0 Å². The van der Waals surface area contributed by atoms with E-state index < -0.39 is 17.5 Å². The zero-order valence-corrected chi connectivity index (χ0v) is 12.7. The van der Waals surface area contributed by atoms with Gasteiger partial charge >= 0.3 is 12.0 Å². The van der Waals surface area contributed by atoms with E-state index in [-0.39, 0.29) is 6.04 Å². The summed E-state index contributed by atoms with van der Waals surface area (Å²) in [5.74, 6) is -0.334. The van der Waals surface area contributed by atoms with Crippen LogP contribution in [-0.4, -0.2) is 35.2 Å². The van der Waals surface area contributed by atoms with Crippen LogP contribution in [0.4, 0.5) is 4.79 Å². The molecule has 0 bridgehead atoms. The number of aliphatic carboxylic acids is 1. The predicted molar refractivity (Wildman–Crippen MR) is 80.9 cm³/mol. The largest absolute Gasteiger partial charge is 0.479 e. The van der Waals surface area contributed by atoms with Gasteiger partial charge in [-0.1, -0.05) is 30.3 Å². The Balaban J connectivity index is 2.83. The molecule has 0 radical (unpaired) electrons. The number of carbonyl (C=O) groups is 2. The van der Waals surface area contributed by atoms with Crippen molar-refractivity contribution in [2.75, 3.05) is 12.0 Å². The van der Waals surface area contributed by atoms with E-state index in [9.17, 15) is 14.7 Å². The molecule has 2 atom stereocenters. The Morgan fingerprint density at radius 3 is 2.45 bits per heavy atom. The third-order valence-corrected chi connectivity index (χ3v) is 3.77. The van der Waals surface area contributed by atoms with Crippen LogP contribution in [0.3, 0.4) is 0 Å². The normalized spacial score (nSPS) is 14.9. The highest BCUT2D eigenvalue weighted by Crippen LogP contribution is 2.20. The van der Waals surface area contributed by atoms with Gasteiger partial charge in [0.15, 0.2) is 5.54 Å². The summed E-state index contributed by atoms with van der Waals surface area (Å²) >= 11 is 1.61. The van der Waals surface area contributed by atoms with Gasteiger partial charge in [-0.2, -0.15) is 11.8 Å². The fraction of sp³-hybridized carbons (Fsp3) is 0.429. The van der Waals surface area contributed by atoms with Crippen molar-refractivity contribution >= 4 is 23.8 Å². The van der Waals surface area contributed by atoms with Crippen molar-refractivity contribution in [3.05, 3.63) is 35.9 Å². The molecule has 0 saturated carbocycles. The minimum absolute atomic E-state index is 0.0289. The third-order valence-electron chi connectivity index (χ3n) is 2.94. The quantitative estimate of drug-likeness (QED) is 0.750. The Bertz CT molecular complexity index is 467. The third kappa shape index (κ3) is 4.16. The van der Waals surface area contributed by atoms with Crippen LogP contribution >= 0.6 is 11.8 Å². The van der Waals surface area contributed by atoms with Gasteiger partial charge in [0.2, 0.25) is 0 Å². The molecule has 0 saturated heterocycles. The highest BCUT2D eigenvalue weighted by atomic mass is 32.2. The van der Waals surface area contributed by atoms with Crippen LogP contribution in [0.5, 0.6) is 0 Å². The van der Waals surface area contributed by atoms with Crippen LogP contribution in [0.1, 0.15) is 19.4 Å². The van der Waals surface area contributed by atoms with Crippen molar-refractivity contribution in [2.24, 2.45) is 0 Å². The number of carboxylic acids is 1. The number of nitrogens with one attached hydrogen (secondary N) is 2. The first-order valence-corrected chi connectivity index (χ1v) is 7.66. The first kappa shape index (κ1) is 16.4. The number of thioether (sulfide) groups is 1. The number of benzene rings is 1. The minimum Gasteiger partial charge on any atom is -0.479 e. The van der Waals surface area contributed by atoms with E-state index in [2.05, 4.69) is 10.6 Å². The van der Waals surface area contributed by atoms with Crippen molar-refractivity contribution in [3.63, 3.8) is 0 Å². The second-order valence-corrected chi connectivity index (χ2v) is 5.66. The van der Waals surface area contributed by atoms with E-state index in [1.165, 1.54) is 6.92 Å². The van der Waals surface area contributed by atoms with E-state index in [0.717, 1.165) is 5.75 Å². The molecule has 3 N–H and O–H groups in total. The summed E-state index contributed by atoms with van der Waals surface area (Å²) in [5, 5.41) is 14.7. The van der Waals surface area contributed by atoms with Crippen LogP contribution in [0.15, 0.2) is 30.3 Å². The van der Waals surface area contributed by atoms with Gasteiger partial charge in [0.05, 0.1) is 0 Å². The summed E-state index contributed by atoms with van der Waals surface area (Å²) < 4.78 is 0. The first-order chi connectivity index (χ1) is 9.40. The second-order valence-electron chi connectivity index (χ2n) is 4.75. The van der Waals surface area contributed by atoms with Crippen LogP contribution < -0.4 is 10.6 Å². The van der Waals surface area contributed by atoms with E-state index in [0.29, 0.717) is 5.56 Å². The Labute approximate surface area is 123 Å². The molecule has 0 aliphatic rings. The van der Waals surface area contributed by atoms with E-state index >= 15 is 0 Å². The van der Waals surface area contributed by atoms with Gasteiger partial charge in [-0.15, -0.1) is 0 Å². The van der Waals surface area contributed by atoms with Gasteiger partial charge < -0.3 is 15.7 Å². The fourth-order valence-corrected chi connectivity index (χ4v) is 2.38. The summed E-state index contributed by atoms with van der Waals surface area (Å²) in [5.41, 5.74) is -0.926. The average molecular weight is 296 g/mol. The molecule has 2 amide bonds. The molecule has 0 aliphatic carbocycles. The Morgan fingerprint density at radius 1 is 1.35 bits per heavy atom. The number of hydrogen-bond donors (Lipinski definition) is 3. The molecule has 2 unspecified atom stereocenters. The van der Waals surface area contributed by atoms with Gasteiger partial charge in [-0.05, 0) is 25.7 Å². The lowest BCUT2D eigenvalue weighted by molar-refractivity contribution is -0.144. The summed E-state index contributed by atoms with van der Waals surface area (Å²) in [6.07, 6.45) is 1.95. The molecule has 20 heavy (non-hydrogen) atoms. The summed E-state index contributed by atoms with van der Waals surface area (Å²) in [6.45, 7) is 3.35. The molecule has 1 rings (SSSR count). The maximum atomic E-state index is 11.9. The van der Waals surface area contributed by atoms with Gasteiger partial charge in [0.25, 0.3) is 0 Å². The lowest BCUT2D eigenvalue weighted by atomic mass is 9.92. The van der Waals surface area contributed by atoms with Crippen molar-refractivity contribution in [3.8, 4) is 0 Å². The number of urea groups is 1. The fourth-order valence-electron chi connectivity index (χ4n) is 1.80. The summed E-state index contributed by atoms with van der Waals surface area (Å²) in [7, 11) is 0. The number of carbonyl (C=O) groups excluding carboxylic acids is 1. The SMILES string of the molecule is CSCC(C)NC(=O)NC(C)(C(=O)O)c1ccccc1. The Morgan fingerprint density at radius 2 is 1.95 bits per heavy atom. The zero-order chi connectivity index (χ0) is 15.2. The zero-order valence-electron chi connectivity index (χ0n) is 11.8. The molecule has 110 valence electrons. The molecule has 0 aromatic heterocycles. The number of hydrogen-bond acceptors (Lipinski definition) is 3. The molecule has 1 aromatic carbocycles. The van der Waals surface area contributed by atoms with Crippen molar-refractivity contribution in [1.29, 1.82) is 0 Å². The predicted octanol–water partition coefficient (Wildman–Crippen LogP) is 2.04. The minimum atomic E-state index is -1.45. The van der Waals surface area contributed by atoms with Gasteiger partial charge in [-0.25, -0.2) is 9.59 Å². The lowest BCUT2D eigenvalue weighted by Gasteiger charge is -2.27. The van der Waals surface area contributed by atoms with Gasteiger partial charge in [-0.3, -0.25) is 0 Å². The molecular weight excluding hydrogens is 276 g/mol.